The van der Waals surface area contributed by atoms with Crippen LogP contribution in [-0.4, -0.2) is 16.9 Å². The number of ketones is 1. The molecule has 0 amide bonds. The van der Waals surface area contributed by atoms with E-state index in [-0.39, 0.29) is 33.5 Å². The number of carboxylic acid groups (broad SMARTS) is 1. The largest absolute Gasteiger partial charge is 0.481 e. The molecule has 3 nitrogen and oxygen atoms in total. The van der Waals surface area contributed by atoms with Gasteiger partial charge in [0.2, 0.25) is 0 Å². The molecule has 4 rings (SSSR count). The molecule has 3 heteroatoms. The number of aliphatic carboxylic acids is 1. The summed E-state index contributed by atoms with van der Waals surface area (Å²) in [5, 5.41) is 10.2. The van der Waals surface area contributed by atoms with Crippen molar-refractivity contribution in [2.45, 2.75) is 99.8 Å². The Hall–Kier alpha value is -1.64. The molecule has 0 aromatic heterocycles. The van der Waals surface area contributed by atoms with Crippen LogP contribution in [-0.2, 0) is 9.59 Å². The van der Waals surface area contributed by atoms with Crippen LogP contribution < -0.4 is 0 Å². The van der Waals surface area contributed by atoms with Gasteiger partial charge in [0.1, 0.15) is 5.78 Å². The number of carboxylic acids is 1. The van der Waals surface area contributed by atoms with E-state index in [1.54, 1.807) is 0 Å². The molecule has 0 aromatic rings. The molecule has 0 unspecified atom stereocenters. The molecule has 0 saturated heterocycles. The second kappa shape index (κ2) is 7.95. The zero-order valence-corrected chi connectivity index (χ0v) is 21.9. The van der Waals surface area contributed by atoms with Gasteiger partial charge in [0.05, 0.1) is 5.92 Å². The Morgan fingerprint density at radius 1 is 1.12 bits per heavy atom. The van der Waals surface area contributed by atoms with Gasteiger partial charge in [-0.05, 0) is 98.0 Å². The summed E-state index contributed by atoms with van der Waals surface area (Å²) in [7, 11) is 0. The molecule has 2 saturated carbocycles. The summed E-state index contributed by atoms with van der Waals surface area (Å²) in [5.41, 5.74) is 3.95. The molecule has 6 atom stereocenters. The average Bonchev–Trinajstić information content (AvgIpc) is 3.00. The quantitative estimate of drug-likeness (QED) is 0.439. The molecule has 0 aromatic carbocycles. The summed E-state index contributed by atoms with van der Waals surface area (Å²) < 4.78 is 0. The highest BCUT2D eigenvalue weighted by molar-refractivity contribution is 5.86. The van der Waals surface area contributed by atoms with Crippen LogP contribution in [0.5, 0.6) is 0 Å². The summed E-state index contributed by atoms with van der Waals surface area (Å²) in [6.45, 7) is 15.7. The molecule has 2 fully saturated rings. The van der Waals surface area contributed by atoms with E-state index in [9.17, 15) is 14.7 Å². The fraction of sp³-hybridized carbons (Fsp3) is 0.733. The molecule has 4 aliphatic rings. The van der Waals surface area contributed by atoms with Crippen molar-refractivity contribution in [3.8, 4) is 0 Å². The molecule has 4 aliphatic carbocycles. The number of carbonyl (C=O) groups excluding carboxylic acids is 1. The average molecular weight is 453 g/mol. The highest BCUT2D eigenvalue weighted by Gasteiger charge is 2.63. The molecule has 0 heterocycles. The third-order valence-corrected chi connectivity index (χ3v) is 10.9. The van der Waals surface area contributed by atoms with E-state index < -0.39 is 5.97 Å². The molecule has 1 N–H and O–H groups in total. The van der Waals surface area contributed by atoms with Crippen molar-refractivity contribution in [2.75, 3.05) is 0 Å². The van der Waals surface area contributed by atoms with E-state index in [4.69, 9.17) is 0 Å². The van der Waals surface area contributed by atoms with Gasteiger partial charge < -0.3 is 5.11 Å². The van der Waals surface area contributed by atoms with E-state index >= 15 is 0 Å². The van der Waals surface area contributed by atoms with Gasteiger partial charge in [0.25, 0.3) is 0 Å². The normalized spacial score (nSPS) is 40.0. The second-order valence-corrected chi connectivity index (χ2v) is 13.0. The number of Topliss-reactive ketones (excluding diaryl/α,β-unsaturated/α-hetero) is 1. The molecule has 182 valence electrons. The van der Waals surface area contributed by atoms with Gasteiger partial charge in [-0.3, -0.25) is 9.59 Å². The van der Waals surface area contributed by atoms with Crippen molar-refractivity contribution in [2.24, 2.45) is 39.4 Å². The molecule has 0 radical (unpaired) electrons. The molecule has 0 aliphatic heterocycles. The molecule has 0 spiro atoms. The Balaban J connectivity index is 1.71. The highest BCUT2D eigenvalue weighted by atomic mass is 16.4. The SMILES string of the molecule is CC(C)=CCC[C@@H](C(=O)O)[C@H]1CC[C@@]2(C)C3=CC[C@H]4C(C)(C)C(=O)CC[C@]4(C)C3=CC[C@]12C. The second-order valence-electron chi connectivity index (χ2n) is 13.0. The molecule has 0 bridgehead atoms. The van der Waals surface area contributed by atoms with Crippen LogP contribution in [0.15, 0.2) is 34.9 Å². The lowest BCUT2D eigenvalue weighted by atomic mass is 9.44. The van der Waals surface area contributed by atoms with Gasteiger partial charge >= 0.3 is 5.97 Å². The van der Waals surface area contributed by atoms with Gasteiger partial charge in [0, 0.05) is 11.8 Å². The minimum Gasteiger partial charge on any atom is -0.481 e. The predicted octanol–water partition coefficient (Wildman–Crippen LogP) is 7.53. The zero-order chi connectivity index (χ0) is 24.4. The first-order valence-electron chi connectivity index (χ1n) is 13.1. The number of hydrogen-bond donors (Lipinski definition) is 1. The zero-order valence-electron chi connectivity index (χ0n) is 21.9. The van der Waals surface area contributed by atoms with Gasteiger partial charge in [-0.2, -0.15) is 0 Å². The van der Waals surface area contributed by atoms with Gasteiger partial charge in [-0.15, -0.1) is 0 Å². The lowest BCUT2D eigenvalue weighted by molar-refractivity contribution is -0.146. The maximum absolute atomic E-state index is 12.8. The van der Waals surface area contributed by atoms with Gasteiger partial charge in [-0.25, -0.2) is 0 Å². The van der Waals surface area contributed by atoms with Crippen LogP contribution in [0.2, 0.25) is 0 Å². The highest BCUT2D eigenvalue weighted by Crippen LogP contribution is 2.71. The van der Waals surface area contributed by atoms with E-state index in [1.165, 1.54) is 16.7 Å². The monoisotopic (exact) mass is 452 g/mol. The number of hydrogen-bond acceptors (Lipinski definition) is 2. The van der Waals surface area contributed by atoms with E-state index in [2.05, 4.69) is 66.7 Å². The van der Waals surface area contributed by atoms with Crippen LogP contribution in [0, 0.1) is 39.4 Å². The predicted molar refractivity (Wildman–Crippen MR) is 134 cm³/mol. The van der Waals surface area contributed by atoms with Crippen LogP contribution in [0.4, 0.5) is 0 Å². The summed E-state index contributed by atoms with van der Waals surface area (Å²) in [4.78, 5) is 25.2. The van der Waals surface area contributed by atoms with Crippen molar-refractivity contribution in [1.82, 2.24) is 0 Å². The number of rotatable bonds is 5. The summed E-state index contributed by atoms with van der Waals surface area (Å²) in [6.07, 6.45) is 14.3. The fourth-order valence-corrected chi connectivity index (χ4v) is 8.54. The van der Waals surface area contributed by atoms with Crippen LogP contribution in [0.1, 0.15) is 99.8 Å². The fourth-order valence-electron chi connectivity index (χ4n) is 8.54. The number of allylic oxidation sites excluding steroid dienone is 6. The van der Waals surface area contributed by atoms with Gasteiger partial charge in [-0.1, -0.05) is 58.4 Å². The van der Waals surface area contributed by atoms with Crippen LogP contribution in [0.25, 0.3) is 0 Å². The van der Waals surface area contributed by atoms with Crippen LogP contribution in [0.3, 0.4) is 0 Å². The summed E-state index contributed by atoms with van der Waals surface area (Å²) in [6, 6.07) is 0. The van der Waals surface area contributed by atoms with Crippen molar-refractivity contribution >= 4 is 11.8 Å². The Morgan fingerprint density at radius 3 is 2.45 bits per heavy atom. The Labute approximate surface area is 200 Å². The number of fused-ring (bicyclic) bond motifs is 5. The Kier molecular flexibility index (Phi) is 5.90. The van der Waals surface area contributed by atoms with Crippen LogP contribution >= 0.6 is 0 Å². The van der Waals surface area contributed by atoms with Crippen molar-refractivity contribution in [1.29, 1.82) is 0 Å². The first-order valence-corrected chi connectivity index (χ1v) is 13.1. The van der Waals surface area contributed by atoms with Crippen molar-refractivity contribution in [3.63, 3.8) is 0 Å². The molecular formula is C30H44O3. The first kappa shape index (κ1) is 24.5. The minimum atomic E-state index is -0.625. The third kappa shape index (κ3) is 3.43. The molecule has 33 heavy (non-hydrogen) atoms. The van der Waals surface area contributed by atoms with Gasteiger partial charge in [0.15, 0.2) is 0 Å². The van der Waals surface area contributed by atoms with Crippen molar-refractivity contribution in [3.05, 3.63) is 34.9 Å². The number of carbonyl (C=O) groups is 2. The third-order valence-electron chi connectivity index (χ3n) is 10.9. The van der Waals surface area contributed by atoms with E-state index in [1.807, 2.05) is 0 Å². The lowest BCUT2D eigenvalue weighted by Crippen LogP contribution is -2.53. The Bertz CT molecular complexity index is 946. The van der Waals surface area contributed by atoms with E-state index in [0.717, 1.165) is 44.9 Å². The topological polar surface area (TPSA) is 54.4 Å². The lowest BCUT2D eigenvalue weighted by Gasteiger charge is -2.59. The van der Waals surface area contributed by atoms with Crippen molar-refractivity contribution < 1.29 is 14.7 Å². The maximum atomic E-state index is 12.8. The standard InChI is InChI=1S/C30H44O3/c1-19(2)9-8-10-20(26(32)33)21-13-17-30(7)23-11-12-24-27(3,4)25(31)15-16-28(24,5)22(23)14-18-29(21,30)6/h9,11,14,20-21,24H,8,10,12-13,15-18H2,1-7H3,(H,32,33)/t20-,21-,24+,28-,29-,30+/m1/s1. The van der Waals surface area contributed by atoms with E-state index in [0.29, 0.717) is 18.1 Å². The summed E-state index contributed by atoms with van der Waals surface area (Å²) >= 11 is 0. The molecular weight excluding hydrogens is 408 g/mol. The smallest absolute Gasteiger partial charge is 0.306 e. The summed E-state index contributed by atoms with van der Waals surface area (Å²) in [5.74, 6) is 0.0398. The maximum Gasteiger partial charge on any atom is 0.306 e. The first-order chi connectivity index (χ1) is 15.3. The Morgan fingerprint density at radius 2 is 1.82 bits per heavy atom. The minimum absolute atomic E-state index is 0.00550.